The summed E-state index contributed by atoms with van der Waals surface area (Å²) in [7, 11) is 5.63. The fourth-order valence-corrected chi connectivity index (χ4v) is 2.24. The van der Waals surface area contributed by atoms with Crippen LogP contribution in [0.5, 0.6) is 0 Å². The normalized spacial score (nSPS) is 19.0. The number of piperidine rings is 1. The SMILES string of the molecule is CCNc1nc(N(C)C)nc(N2CCCC(OC)C2)n1. The van der Waals surface area contributed by atoms with Gasteiger partial charge in [-0.1, -0.05) is 0 Å². The third-order valence-corrected chi connectivity index (χ3v) is 3.34. The number of nitrogens with zero attached hydrogens (tertiary/aromatic N) is 5. The van der Waals surface area contributed by atoms with Crippen molar-refractivity contribution in [2.75, 3.05) is 56.0 Å². The van der Waals surface area contributed by atoms with Gasteiger partial charge in [0.25, 0.3) is 0 Å². The van der Waals surface area contributed by atoms with Crippen LogP contribution in [0, 0.1) is 0 Å². The van der Waals surface area contributed by atoms with Gasteiger partial charge in [0.2, 0.25) is 17.8 Å². The van der Waals surface area contributed by atoms with Crippen LogP contribution in [0.25, 0.3) is 0 Å². The van der Waals surface area contributed by atoms with Crippen LogP contribution in [0.4, 0.5) is 17.8 Å². The van der Waals surface area contributed by atoms with Gasteiger partial charge in [0.1, 0.15) is 0 Å². The van der Waals surface area contributed by atoms with Crippen molar-refractivity contribution in [1.29, 1.82) is 0 Å². The quantitative estimate of drug-likeness (QED) is 0.862. The number of anilines is 3. The van der Waals surface area contributed by atoms with Crippen LogP contribution in [0.15, 0.2) is 0 Å². The molecule has 1 aliphatic heterocycles. The highest BCUT2D eigenvalue weighted by atomic mass is 16.5. The zero-order chi connectivity index (χ0) is 14.5. The fraction of sp³-hybridized carbons (Fsp3) is 0.769. The van der Waals surface area contributed by atoms with Crippen LogP contribution < -0.4 is 15.1 Å². The summed E-state index contributed by atoms with van der Waals surface area (Å²) in [6.07, 6.45) is 2.45. The Morgan fingerprint density at radius 2 is 2.15 bits per heavy atom. The number of hydrogen-bond acceptors (Lipinski definition) is 7. The summed E-state index contributed by atoms with van der Waals surface area (Å²) in [5, 5.41) is 3.16. The topological polar surface area (TPSA) is 66.4 Å². The van der Waals surface area contributed by atoms with E-state index < -0.39 is 0 Å². The first-order valence-corrected chi connectivity index (χ1v) is 7.09. The Balaban J connectivity index is 2.24. The second kappa shape index (κ2) is 6.69. The van der Waals surface area contributed by atoms with Gasteiger partial charge in [-0.15, -0.1) is 0 Å². The van der Waals surface area contributed by atoms with E-state index in [1.807, 2.05) is 25.9 Å². The molecule has 1 saturated heterocycles. The highest BCUT2D eigenvalue weighted by Gasteiger charge is 2.22. The van der Waals surface area contributed by atoms with Crippen molar-refractivity contribution in [2.45, 2.75) is 25.9 Å². The molecular formula is C13H24N6O. The molecule has 7 heteroatoms. The number of nitrogens with one attached hydrogen (secondary N) is 1. The Bertz CT molecular complexity index is 439. The second-order valence-corrected chi connectivity index (χ2v) is 5.13. The van der Waals surface area contributed by atoms with Crippen molar-refractivity contribution < 1.29 is 4.74 Å². The van der Waals surface area contributed by atoms with E-state index in [1.165, 1.54) is 0 Å². The van der Waals surface area contributed by atoms with E-state index in [-0.39, 0.29) is 6.10 Å². The summed E-state index contributed by atoms with van der Waals surface area (Å²) in [5.74, 6) is 2.02. The fourth-order valence-electron chi connectivity index (χ4n) is 2.24. The molecule has 2 heterocycles. The van der Waals surface area contributed by atoms with Gasteiger partial charge in [0.05, 0.1) is 6.10 Å². The van der Waals surface area contributed by atoms with Gasteiger partial charge >= 0.3 is 0 Å². The average Bonchev–Trinajstić information content (AvgIpc) is 2.47. The van der Waals surface area contributed by atoms with E-state index in [9.17, 15) is 0 Å². The number of rotatable bonds is 5. The van der Waals surface area contributed by atoms with Gasteiger partial charge in [0, 0.05) is 40.8 Å². The van der Waals surface area contributed by atoms with Gasteiger partial charge in [-0.25, -0.2) is 0 Å². The van der Waals surface area contributed by atoms with Crippen LogP contribution in [-0.4, -0.2) is 61.9 Å². The van der Waals surface area contributed by atoms with Crippen molar-refractivity contribution in [1.82, 2.24) is 15.0 Å². The highest BCUT2D eigenvalue weighted by Crippen LogP contribution is 2.20. The maximum atomic E-state index is 5.46. The van der Waals surface area contributed by atoms with Crippen LogP contribution in [0.3, 0.4) is 0 Å². The molecule has 1 N–H and O–H groups in total. The second-order valence-electron chi connectivity index (χ2n) is 5.13. The molecule has 1 atom stereocenters. The predicted octanol–water partition coefficient (Wildman–Crippen LogP) is 0.985. The summed E-state index contributed by atoms with van der Waals surface area (Å²) in [4.78, 5) is 17.5. The Hall–Kier alpha value is -1.63. The Morgan fingerprint density at radius 1 is 1.35 bits per heavy atom. The van der Waals surface area contributed by atoms with Gasteiger partial charge in [-0.3, -0.25) is 0 Å². The lowest BCUT2D eigenvalue weighted by molar-refractivity contribution is 0.0889. The molecule has 1 unspecified atom stereocenters. The minimum Gasteiger partial charge on any atom is -0.380 e. The maximum Gasteiger partial charge on any atom is 0.232 e. The van der Waals surface area contributed by atoms with Crippen LogP contribution in [-0.2, 0) is 4.74 Å². The Kier molecular flexibility index (Phi) is 4.94. The first-order valence-electron chi connectivity index (χ1n) is 7.09. The Morgan fingerprint density at radius 3 is 2.80 bits per heavy atom. The molecule has 0 aromatic carbocycles. The largest absolute Gasteiger partial charge is 0.380 e. The molecule has 20 heavy (non-hydrogen) atoms. The molecular weight excluding hydrogens is 256 g/mol. The summed E-state index contributed by atoms with van der Waals surface area (Å²) < 4.78 is 5.46. The number of aromatic nitrogens is 3. The molecule has 0 bridgehead atoms. The smallest absolute Gasteiger partial charge is 0.232 e. The molecule has 0 spiro atoms. The molecule has 1 aromatic rings. The van der Waals surface area contributed by atoms with E-state index in [2.05, 4.69) is 25.2 Å². The lowest BCUT2D eigenvalue weighted by Gasteiger charge is -2.32. The molecule has 0 aliphatic carbocycles. The third kappa shape index (κ3) is 3.47. The third-order valence-electron chi connectivity index (χ3n) is 3.34. The molecule has 1 fully saturated rings. The molecule has 1 aromatic heterocycles. The molecule has 0 saturated carbocycles. The van der Waals surface area contributed by atoms with Crippen molar-refractivity contribution in [3.63, 3.8) is 0 Å². The van der Waals surface area contributed by atoms with Gasteiger partial charge in [0.15, 0.2) is 0 Å². The van der Waals surface area contributed by atoms with Crippen molar-refractivity contribution in [3.05, 3.63) is 0 Å². The highest BCUT2D eigenvalue weighted by molar-refractivity contribution is 5.44. The molecule has 2 rings (SSSR count). The number of hydrogen-bond donors (Lipinski definition) is 1. The van der Waals surface area contributed by atoms with Crippen molar-refractivity contribution in [2.24, 2.45) is 0 Å². The van der Waals surface area contributed by atoms with Crippen LogP contribution in [0.1, 0.15) is 19.8 Å². The molecule has 7 nitrogen and oxygen atoms in total. The van der Waals surface area contributed by atoms with Gasteiger partial charge in [-0.2, -0.15) is 15.0 Å². The van der Waals surface area contributed by atoms with E-state index in [4.69, 9.17) is 4.74 Å². The molecule has 112 valence electrons. The first-order chi connectivity index (χ1) is 9.63. The van der Waals surface area contributed by atoms with Crippen LogP contribution in [0.2, 0.25) is 0 Å². The van der Waals surface area contributed by atoms with E-state index in [0.29, 0.717) is 11.9 Å². The van der Waals surface area contributed by atoms with Crippen molar-refractivity contribution in [3.8, 4) is 0 Å². The average molecular weight is 280 g/mol. The van der Waals surface area contributed by atoms with Crippen molar-refractivity contribution >= 4 is 17.8 Å². The summed E-state index contributed by atoms with van der Waals surface area (Å²) in [6.45, 7) is 4.61. The van der Waals surface area contributed by atoms with E-state index in [1.54, 1.807) is 7.11 Å². The van der Waals surface area contributed by atoms with E-state index in [0.717, 1.165) is 38.4 Å². The predicted molar refractivity (Wildman–Crippen MR) is 80.6 cm³/mol. The number of methoxy groups -OCH3 is 1. The zero-order valence-electron chi connectivity index (χ0n) is 12.8. The maximum absolute atomic E-state index is 5.46. The molecule has 1 aliphatic rings. The minimum absolute atomic E-state index is 0.255. The summed E-state index contributed by atoms with van der Waals surface area (Å²) in [5.41, 5.74) is 0. The standard InChI is InChI=1S/C13H24N6O/c1-5-14-11-15-12(18(2)3)17-13(16-11)19-8-6-7-10(9-19)20-4/h10H,5-9H2,1-4H3,(H,14,15,16,17). The summed E-state index contributed by atoms with van der Waals surface area (Å²) >= 11 is 0. The minimum atomic E-state index is 0.255. The lowest BCUT2D eigenvalue weighted by Crippen LogP contribution is -2.40. The van der Waals surface area contributed by atoms with Crippen LogP contribution >= 0.6 is 0 Å². The van der Waals surface area contributed by atoms with Gasteiger partial charge in [-0.05, 0) is 19.8 Å². The number of ether oxygens (including phenoxy) is 1. The lowest BCUT2D eigenvalue weighted by atomic mass is 10.1. The van der Waals surface area contributed by atoms with Gasteiger partial charge < -0.3 is 19.9 Å². The van der Waals surface area contributed by atoms with E-state index >= 15 is 0 Å². The summed E-state index contributed by atoms with van der Waals surface area (Å²) in [6, 6.07) is 0. The Labute approximate surface area is 120 Å². The molecule has 0 amide bonds. The zero-order valence-corrected chi connectivity index (χ0v) is 12.8. The monoisotopic (exact) mass is 280 g/mol. The molecule has 0 radical (unpaired) electrons. The first kappa shape index (κ1) is 14.8.